The Bertz CT molecular complexity index is 917. The highest BCUT2D eigenvalue weighted by atomic mass is 16.5. The van der Waals surface area contributed by atoms with Crippen molar-refractivity contribution in [2.45, 2.75) is 44.2 Å². The fourth-order valence-corrected chi connectivity index (χ4v) is 3.47. The molecule has 0 aliphatic heterocycles. The molecule has 1 fully saturated rings. The number of benzene rings is 1. The van der Waals surface area contributed by atoms with E-state index in [1.807, 2.05) is 0 Å². The molecular weight excluding hydrogens is 364 g/mol. The average Bonchev–Trinajstić information content (AvgIpc) is 3.18. The number of carbonyl (C=O) groups excluding carboxylic acids is 2. The zero-order chi connectivity index (χ0) is 20.1. The lowest BCUT2D eigenvalue weighted by Crippen LogP contribution is -2.51. The number of carbonyl (C=O) groups is 2. The van der Waals surface area contributed by atoms with Gasteiger partial charge in [-0.25, -0.2) is 4.79 Å². The molecule has 0 spiro atoms. The van der Waals surface area contributed by atoms with Gasteiger partial charge in [-0.1, -0.05) is 12.8 Å². The van der Waals surface area contributed by atoms with Gasteiger partial charge in [0.1, 0.15) is 17.4 Å². The molecule has 0 radical (unpaired) electrons. The molecule has 3 rings (SSSR count). The average molecular weight is 388 g/mol. The number of amides is 2. The van der Waals surface area contributed by atoms with Crippen LogP contribution >= 0.6 is 0 Å². The van der Waals surface area contributed by atoms with Crippen molar-refractivity contribution in [1.29, 1.82) is 0 Å². The smallest absolute Gasteiger partial charge is 0.336 e. The van der Waals surface area contributed by atoms with Gasteiger partial charge >= 0.3 is 5.63 Å². The molecule has 3 N–H and O–H groups in total. The molecule has 1 aliphatic rings. The van der Waals surface area contributed by atoms with Crippen LogP contribution in [0.3, 0.4) is 0 Å². The van der Waals surface area contributed by atoms with Crippen molar-refractivity contribution in [2.75, 3.05) is 13.7 Å². The first-order valence-electron chi connectivity index (χ1n) is 9.31. The highest BCUT2D eigenvalue weighted by Gasteiger charge is 2.24. The molecule has 150 valence electrons. The Hall–Kier alpha value is -2.87. The minimum atomic E-state index is -1.03. The molecule has 1 atom stereocenters. The number of nitrogens with one attached hydrogen (secondary N) is 2. The van der Waals surface area contributed by atoms with Crippen molar-refractivity contribution in [3.8, 4) is 5.75 Å². The third kappa shape index (κ3) is 4.69. The largest absolute Gasteiger partial charge is 0.497 e. The Morgan fingerprint density at radius 3 is 2.71 bits per heavy atom. The molecule has 1 aromatic heterocycles. The Kier molecular flexibility index (Phi) is 6.30. The van der Waals surface area contributed by atoms with Crippen LogP contribution in [0.4, 0.5) is 0 Å². The third-order valence-corrected chi connectivity index (χ3v) is 4.92. The standard InChI is InChI=1S/C20H24N2O6/c1-27-14-6-7-15-12(9-19(25)28-17(15)10-14)8-18(24)22-16(11-23)20(26)21-13-4-2-3-5-13/h6-7,9-10,13,16,23H,2-5,8,11H2,1H3,(H,21,26)(H,22,24)/t16-/m0/s1. The Labute approximate surface area is 161 Å². The van der Waals surface area contributed by atoms with Crippen LogP contribution in [0, 0.1) is 0 Å². The minimum Gasteiger partial charge on any atom is -0.497 e. The van der Waals surface area contributed by atoms with Crippen LogP contribution < -0.4 is 21.0 Å². The zero-order valence-corrected chi connectivity index (χ0v) is 15.7. The van der Waals surface area contributed by atoms with Gasteiger partial charge in [-0.05, 0) is 30.5 Å². The summed E-state index contributed by atoms with van der Waals surface area (Å²) in [6.07, 6.45) is 3.83. The summed E-state index contributed by atoms with van der Waals surface area (Å²) in [5.41, 5.74) is 0.202. The van der Waals surface area contributed by atoms with E-state index < -0.39 is 30.1 Å². The maximum Gasteiger partial charge on any atom is 0.336 e. The SMILES string of the molecule is COc1ccc2c(CC(=O)N[C@@H](CO)C(=O)NC3CCCC3)cc(=O)oc2c1. The Morgan fingerprint density at radius 1 is 1.29 bits per heavy atom. The maximum atomic E-state index is 12.4. The first-order chi connectivity index (χ1) is 13.5. The zero-order valence-electron chi connectivity index (χ0n) is 15.7. The Morgan fingerprint density at radius 2 is 2.04 bits per heavy atom. The fourth-order valence-electron chi connectivity index (χ4n) is 3.47. The highest BCUT2D eigenvalue weighted by molar-refractivity contribution is 5.91. The summed E-state index contributed by atoms with van der Waals surface area (Å²) < 4.78 is 10.3. The number of aliphatic hydroxyl groups excluding tert-OH is 1. The van der Waals surface area contributed by atoms with E-state index in [4.69, 9.17) is 9.15 Å². The van der Waals surface area contributed by atoms with E-state index in [0.717, 1.165) is 25.7 Å². The first-order valence-corrected chi connectivity index (χ1v) is 9.31. The van der Waals surface area contributed by atoms with Gasteiger partial charge in [0.05, 0.1) is 20.1 Å². The van der Waals surface area contributed by atoms with Crippen LogP contribution in [0.5, 0.6) is 5.75 Å². The van der Waals surface area contributed by atoms with Crippen molar-refractivity contribution in [2.24, 2.45) is 0 Å². The first kappa shape index (κ1) is 19.9. The lowest BCUT2D eigenvalue weighted by Gasteiger charge is -2.19. The molecular formula is C20H24N2O6. The van der Waals surface area contributed by atoms with Gasteiger partial charge in [0.15, 0.2) is 0 Å². The summed E-state index contributed by atoms with van der Waals surface area (Å²) in [5.74, 6) is -0.338. The Balaban J connectivity index is 1.71. The lowest BCUT2D eigenvalue weighted by molar-refractivity contribution is -0.130. The van der Waals surface area contributed by atoms with Gasteiger partial charge in [0, 0.05) is 23.6 Å². The van der Waals surface area contributed by atoms with E-state index in [-0.39, 0.29) is 12.5 Å². The van der Waals surface area contributed by atoms with Gasteiger partial charge in [0.2, 0.25) is 11.8 Å². The predicted molar refractivity (Wildman–Crippen MR) is 102 cm³/mol. The molecule has 1 saturated carbocycles. The molecule has 1 aliphatic carbocycles. The van der Waals surface area contributed by atoms with Crippen molar-refractivity contribution in [1.82, 2.24) is 10.6 Å². The van der Waals surface area contributed by atoms with E-state index in [1.54, 1.807) is 18.2 Å². The predicted octanol–water partition coefficient (Wildman–Crippen LogP) is 0.880. The summed E-state index contributed by atoms with van der Waals surface area (Å²) in [5, 5.41) is 15.5. The topological polar surface area (TPSA) is 118 Å². The second-order valence-corrected chi connectivity index (χ2v) is 6.92. The number of hydrogen-bond donors (Lipinski definition) is 3. The summed E-state index contributed by atoms with van der Waals surface area (Å²) in [7, 11) is 1.50. The summed E-state index contributed by atoms with van der Waals surface area (Å²) in [6.45, 7) is -0.501. The third-order valence-electron chi connectivity index (χ3n) is 4.92. The number of fused-ring (bicyclic) bond motifs is 1. The summed E-state index contributed by atoms with van der Waals surface area (Å²) >= 11 is 0. The number of ether oxygens (including phenoxy) is 1. The highest BCUT2D eigenvalue weighted by Crippen LogP contribution is 2.23. The summed E-state index contributed by atoms with van der Waals surface area (Å²) in [4.78, 5) is 36.6. The molecule has 2 aromatic rings. The van der Waals surface area contributed by atoms with Crippen LogP contribution in [-0.4, -0.2) is 42.7 Å². The van der Waals surface area contributed by atoms with Gasteiger partial charge in [-0.15, -0.1) is 0 Å². The normalized spacial score (nSPS) is 15.4. The number of rotatable bonds is 7. The summed E-state index contributed by atoms with van der Waals surface area (Å²) in [6, 6.07) is 5.30. The number of methoxy groups -OCH3 is 1. The van der Waals surface area contributed by atoms with Crippen molar-refractivity contribution in [3.05, 3.63) is 40.2 Å². The molecule has 0 unspecified atom stereocenters. The van der Waals surface area contributed by atoms with Crippen LogP contribution in [0.25, 0.3) is 11.0 Å². The second kappa shape index (κ2) is 8.88. The van der Waals surface area contributed by atoms with Crippen molar-refractivity contribution >= 4 is 22.8 Å². The van der Waals surface area contributed by atoms with Crippen LogP contribution in [0.15, 0.2) is 33.5 Å². The molecule has 0 bridgehead atoms. The van der Waals surface area contributed by atoms with Crippen molar-refractivity contribution < 1.29 is 23.8 Å². The molecule has 1 aromatic carbocycles. The van der Waals surface area contributed by atoms with E-state index >= 15 is 0 Å². The lowest BCUT2D eigenvalue weighted by atomic mass is 10.1. The van der Waals surface area contributed by atoms with Gasteiger partial charge in [0.25, 0.3) is 0 Å². The fraction of sp³-hybridized carbons (Fsp3) is 0.450. The molecule has 8 heteroatoms. The number of aliphatic hydroxyl groups is 1. The van der Waals surface area contributed by atoms with Crippen LogP contribution in [0.1, 0.15) is 31.2 Å². The van der Waals surface area contributed by atoms with Crippen LogP contribution in [-0.2, 0) is 16.0 Å². The molecule has 28 heavy (non-hydrogen) atoms. The van der Waals surface area contributed by atoms with Gasteiger partial charge in [-0.3, -0.25) is 9.59 Å². The number of hydrogen-bond acceptors (Lipinski definition) is 6. The molecule has 8 nitrogen and oxygen atoms in total. The molecule has 2 amide bonds. The molecule has 1 heterocycles. The van der Waals surface area contributed by atoms with E-state index in [0.29, 0.717) is 22.3 Å². The van der Waals surface area contributed by atoms with E-state index in [9.17, 15) is 19.5 Å². The van der Waals surface area contributed by atoms with Gasteiger partial charge < -0.3 is 24.9 Å². The monoisotopic (exact) mass is 388 g/mol. The van der Waals surface area contributed by atoms with Crippen molar-refractivity contribution in [3.63, 3.8) is 0 Å². The van der Waals surface area contributed by atoms with E-state index in [2.05, 4.69) is 10.6 Å². The minimum absolute atomic E-state index is 0.0936. The second-order valence-electron chi connectivity index (χ2n) is 6.92. The van der Waals surface area contributed by atoms with E-state index in [1.165, 1.54) is 13.2 Å². The van der Waals surface area contributed by atoms with Crippen LogP contribution in [0.2, 0.25) is 0 Å². The quantitative estimate of drug-likeness (QED) is 0.606. The maximum absolute atomic E-state index is 12.4. The van der Waals surface area contributed by atoms with Gasteiger partial charge in [-0.2, -0.15) is 0 Å². The molecule has 0 saturated heterocycles.